The summed E-state index contributed by atoms with van der Waals surface area (Å²) in [6, 6.07) is 17.7. The Morgan fingerprint density at radius 3 is 2.78 bits per heavy atom. The van der Waals surface area contributed by atoms with Gasteiger partial charge in [0.2, 0.25) is 5.52 Å². The first-order valence-electron chi connectivity index (χ1n) is 7.09. The second-order valence-electron chi connectivity index (χ2n) is 5.14. The summed E-state index contributed by atoms with van der Waals surface area (Å²) in [6.45, 7) is 0. The maximum atomic E-state index is 9.57. The average Bonchev–Trinajstić information content (AvgIpc) is 2.56. The van der Waals surface area contributed by atoms with Gasteiger partial charge in [0, 0.05) is 11.0 Å². The number of H-pyrrole nitrogens is 1. The number of benzene rings is 2. The van der Waals surface area contributed by atoms with Gasteiger partial charge in [0.1, 0.15) is 17.0 Å². The van der Waals surface area contributed by atoms with E-state index < -0.39 is 5.92 Å². The fourth-order valence-electron chi connectivity index (χ4n) is 2.53. The second kappa shape index (κ2) is 5.38. The Morgan fingerprint density at radius 1 is 1.13 bits per heavy atom. The number of rotatable bonds is 0. The maximum absolute atomic E-state index is 9.57. The average molecular weight is 318 g/mol. The van der Waals surface area contributed by atoms with Crippen LogP contribution >= 0.6 is 11.8 Å². The number of aromatic amines is 1. The van der Waals surface area contributed by atoms with Crippen LogP contribution < -0.4 is 10.7 Å². The highest BCUT2D eigenvalue weighted by molar-refractivity contribution is 7.99. The standard InChI is InChI=1S/C17H11N5S/c18-9-10-15-17(22-12-6-2-1-5-11(12)20-15)23-14-8-4-3-7-13(14)21-16(10)19/h1-8,10H,(H2,19,21)/p+1/t10-/m1/s1. The molecule has 0 fully saturated rings. The first-order valence-corrected chi connectivity index (χ1v) is 7.90. The number of aliphatic imine (C=N–C) groups is 1. The number of nitrogens with zero attached hydrogens (tertiary/aromatic N) is 3. The van der Waals surface area contributed by atoms with Crippen molar-refractivity contribution in [2.45, 2.75) is 15.8 Å². The van der Waals surface area contributed by atoms with Crippen LogP contribution in [0, 0.1) is 11.3 Å². The van der Waals surface area contributed by atoms with Crippen LogP contribution in [0.1, 0.15) is 11.6 Å². The number of amidine groups is 1. The Bertz CT molecular complexity index is 990. The normalized spacial score (nSPS) is 16.5. The topological polar surface area (TPSA) is 89.2 Å². The Labute approximate surface area is 136 Å². The van der Waals surface area contributed by atoms with E-state index in [2.05, 4.69) is 21.0 Å². The highest BCUT2D eigenvalue weighted by atomic mass is 32.2. The smallest absolute Gasteiger partial charge is 0.267 e. The van der Waals surface area contributed by atoms with Crippen LogP contribution in [0.5, 0.6) is 0 Å². The Kier molecular flexibility index (Phi) is 3.21. The van der Waals surface area contributed by atoms with Crippen LogP contribution in [-0.2, 0) is 0 Å². The molecule has 23 heavy (non-hydrogen) atoms. The number of aromatic nitrogens is 2. The summed E-state index contributed by atoms with van der Waals surface area (Å²) in [6.07, 6.45) is 0. The fraction of sp³-hybridized carbons (Fsp3) is 0.0588. The van der Waals surface area contributed by atoms with Crippen LogP contribution in [0.25, 0.3) is 11.0 Å². The lowest BCUT2D eigenvalue weighted by atomic mass is 10.1. The first kappa shape index (κ1) is 13.7. The summed E-state index contributed by atoms with van der Waals surface area (Å²) in [5.41, 5.74) is 9.20. The fourth-order valence-corrected chi connectivity index (χ4v) is 3.55. The van der Waals surface area contributed by atoms with Gasteiger partial charge in [0.25, 0.3) is 5.03 Å². The van der Waals surface area contributed by atoms with E-state index in [4.69, 9.17) is 5.73 Å². The molecule has 5 nitrogen and oxygen atoms in total. The van der Waals surface area contributed by atoms with Gasteiger partial charge in [0.15, 0.2) is 5.92 Å². The van der Waals surface area contributed by atoms with Crippen molar-refractivity contribution >= 4 is 34.3 Å². The van der Waals surface area contributed by atoms with Crippen molar-refractivity contribution in [3.63, 3.8) is 0 Å². The number of nitrogens with two attached hydrogens (primary N) is 1. The van der Waals surface area contributed by atoms with Crippen LogP contribution in [0.4, 0.5) is 5.69 Å². The van der Waals surface area contributed by atoms with Crippen molar-refractivity contribution in [2.75, 3.05) is 0 Å². The van der Waals surface area contributed by atoms with Gasteiger partial charge in [-0.3, -0.25) is 0 Å². The second-order valence-corrected chi connectivity index (χ2v) is 6.19. The molecule has 2 aromatic carbocycles. The molecule has 0 radical (unpaired) electrons. The largest absolute Gasteiger partial charge is 0.386 e. The third-order valence-corrected chi connectivity index (χ3v) is 4.73. The Morgan fingerprint density at radius 2 is 1.91 bits per heavy atom. The SMILES string of the molecule is N#C[C@H]1C(N)=Nc2ccccc2Sc2[nH+]c3ccccc3nc21. The van der Waals surface area contributed by atoms with Crippen molar-refractivity contribution < 1.29 is 4.98 Å². The number of nitriles is 1. The molecule has 0 saturated heterocycles. The number of hydrogen-bond acceptors (Lipinski definition) is 5. The van der Waals surface area contributed by atoms with E-state index in [9.17, 15) is 5.26 Å². The predicted molar refractivity (Wildman–Crippen MR) is 88.5 cm³/mol. The molecule has 0 unspecified atom stereocenters. The molecular formula is C17H12N5S+. The van der Waals surface area contributed by atoms with Gasteiger partial charge >= 0.3 is 0 Å². The minimum absolute atomic E-state index is 0.262. The van der Waals surface area contributed by atoms with Crippen molar-refractivity contribution in [3.05, 3.63) is 54.2 Å². The van der Waals surface area contributed by atoms with Crippen LogP contribution in [0.3, 0.4) is 0 Å². The summed E-state index contributed by atoms with van der Waals surface area (Å²) < 4.78 is 0. The van der Waals surface area contributed by atoms with E-state index in [-0.39, 0.29) is 5.84 Å². The van der Waals surface area contributed by atoms with Crippen molar-refractivity contribution in [1.82, 2.24) is 4.98 Å². The lowest BCUT2D eigenvalue weighted by Gasteiger charge is -2.14. The molecule has 6 heteroatoms. The van der Waals surface area contributed by atoms with Gasteiger partial charge in [-0.15, -0.1) is 0 Å². The molecule has 1 atom stereocenters. The van der Waals surface area contributed by atoms with Gasteiger partial charge in [-0.05, 0) is 30.0 Å². The van der Waals surface area contributed by atoms with Crippen molar-refractivity contribution in [1.29, 1.82) is 5.26 Å². The monoisotopic (exact) mass is 318 g/mol. The summed E-state index contributed by atoms with van der Waals surface area (Å²) >= 11 is 1.52. The molecule has 0 saturated carbocycles. The molecule has 2 heterocycles. The minimum atomic E-state index is -0.674. The molecule has 110 valence electrons. The van der Waals surface area contributed by atoms with Gasteiger partial charge in [-0.1, -0.05) is 24.3 Å². The molecule has 1 aliphatic rings. The number of para-hydroxylation sites is 3. The first-order chi connectivity index (χ1) is 11.3. The number of hydrogen-bond donors (Lipinski definition) is 1. The summed E-state index contributed by atoms with van der Waals surface area (Å²) in [7, 11) is 0. The summed E-state index contributed by atoms with van der Waals surface area (Å²) in [5.74, 6) is -0.413. The predicted octanol–water partition coefficient (Wildman–Crippen LogP) is 2.81. The zero-order chi connectivity index (χ0) is 15.8. The Balaban J connectivity index is 2.03. The third kappa shape index (κ3) is 2.31. The van der Waals surface area contributed by atoms with Crippen molar-refractivity contribution in [3.8, 4) is 6.07 Å². The van der Waals surface area contributed by atoms with E-state index in [0.29, 0.717) is 5.69 Å². The molecule has 4 rings (SSSR count). The Hall–Kier alpha value is -2.91. The van der Waals surface area contributed by atoms with Crippen molar-refractivity contribution in [2.24, 2.45) is 10.7 Å². The zero-order valence-electron chi connectivity index (χ0n) is 12.0. The number of nitrogens with one attached hydrogen (secondary N) is 1. The van der Waals surface area contributed by atoms with E-state index in [1.807, 2.05) is 48.5 Å². The summed E-state index contributed by atoms with van der Waals surface area (Å²) in [5, 5.41) is 10.4. The van der Waals surface area contributed by atoms with Crippen LogP contribution in [-0.4, -0.2) is 10.8 Å². The molecule has 3 aromatic rings. The van der Waals surface area contributed by atoms with Crippen LogP contribution in [0.15, 0.2) is 63.4 Å². The molecule has 0 bridgehead atoms. The maximum Gasteiger partial charge on any atom is 0.267 e. The minimum Gasteiger partial charge on any atom is -0.386 e. The lowest BCUT2D eigenvalue weighted by Crippen LogP contribution is -2.26. The molecule has 0 amide bonds. The highest BCUT2D eigenvalue weighted by Crippen LogP contribution is 2.38. The van der Waals surface area contributed by atoms with Crippen LogP contribution in [0.2, 0.25) is 0 Å². The summed E-state index contributed by atoms with van der Waals surface area (Å²) in [4.78, 5) is 13.4. The zero-order valence-corrected chi connectivity index (χ0v) is 12.8. The lowest BCUT2D eigenvalue weighted by molar-refractivity contribution is -0.397. The van der Waals surface area contributed by atoms with Gasteiger partial charge in [-0.2, -0.15) is 10.2 Å². The molecule has 0 spiro atoms. The molecule has 1 aliphatic heterocycles. The van der Waals surface area contributed by atoms with Gasteiger partial charge in [-0.25, -0.2) is 9.98 Å². The van der Waals surface area contributed by atoms with E-state index >= 15 is 0 Å². The molecule has 1 aromatic heterocycles. The number of fused-ring (bicyclic) bond motifs is 3. The molecule has 0 aliphatic carbocycles. The van der Waals surface area contributed by atoms with Gasteiger partial charge < -0.3 is 5.73 Å². The molecule has 3 N–H and O–H groups in total. The highest BCUT2D eigenvalue weighted by Gasteiger charge is 2.29. The quantitative estimate of drug-likeness (QED) is 0.690. The molecular weight excluding hydrogens is 306 g/mol. The van der Waals surface area contributed by atoms with E-state index in [0.717, 1.165) is 26.6 Å². The third-order valence-electron chi connectivity index (χ3n) is 3.65. The van der Waals surface area contributed by atoms with E-state index in [1.165, 1.54) is 11.8 Å². The van der Waals surface area contributed by atoms with E-state index in [1.54, 1.807) is 0 Å². The van der Waals surface area contributed by atoms with Gasteiger partial charge in [0.05, 0.1) is 11.8 Å².